The zero-order chi connectivity index (χ0) is 44.7. The Labute approximate surface area is 361 Å². The number of nitrogen functional groups attached to an aromatic ring is 1. The number of ether oxygens (including phenoxy) is 2. The number of amides is 2. The number of ketones is 2. The largest absolute Gasteiger partial charge is 0.497 e. The highest BCUT2D eigenvalue weighted by Crippen LogP contribution is 2.39. The molecule has 1 aliphatic carbocycles. The van der Waals surface area contributed by atoms with Crippen molar-refractivity contribution in [3.63, 3.8) is 0 Å². The van der Waals surface area contributed by atoms with Crippen molar-refractivity contribution in [1.29, 1.82) is 0 Å². The van der Waals surface area contributed by atoms with Crippen LogP contribution in [0, 0.1) is 11.3 Å². The molecule has 2 aromatic heterocycles. The van der Waals surface area contributed by atoms with Crippen LogP contribution in [0.4, 0.5) is 5.82 Å². The van der Waals surface area contributed by atoms with Crippen LogP contribution in [0.3, 0.4) is 0 Å². The Morgan fingerprint density at radius 1 is 0.919 bits per heavy atom. The molecule has 0 saturated carbocycles. The van der Waals surface area contributed by atoms with Crippen LogP contribution in [0.5, 0.6) is 5.75 Å². The Balaban J connectivity index is 1.20. The van der Waals surface area contributed by atoms with Gasteiger partial charge in [0, 0.05) is 47.2 Å². The number of imidazole rings is 1. The van der Waals surface area contributed by atoms with Gasteiger partial charge in [-0.3, -0.25) is 23.7 Å². The number of nitrogens with zero attached hydrogens (tertiary/aromatic N) is 4. The van der Waals surface area contributed by atoms with Crippen LogP contribution in [0.1, 0.15) is 77.7 Å². The fourth-order valence-corrected chi connectivity index (χ4v) is 8.42. The van der Waals surface area contributed by atoms with E-state index in [0.29, 0.717) is 72.4 Å². The molecule has 0 unspecified atom stereocenters. The summed E-state index contributed by atoms with van der Waals surface area (Å²) in [5, 5.41) is 32.0. The Hall–Kier alpha value is -5.81. The lowest BCUT2D eigenvalue weighted by atomic mass is 9.71. The number of carbonyl (C=O) groups is 4. The third kappa shape index (κ3) is 10.4. The molecule has 16 heteroatoms. The second-order valence-electron chi connectivity index (χ2n) is 16.9. The van der Waals surface area contributed by atoms with Crippen LogP contribution < -0.4 is 26.4 Å². The Morgan fingerprint density at radius 3 is 2.34 bits per heavy atom. The molecule has 1 aliphatic heterocycles. The molecule has 3 heterocycles. The van der Waals surface area contributed by atoms with Gasteiger partial charge in [0.05, 0.1) is 19.5 Å². The maximum absolute atomic E-state index is 14.0. The normalized spacial score (nSPS) is 20.5. The molecule has 6 rings (SSSR count). The summed E-state index contributed by atoms with van der Waals surface area (Å²) in [5.41, 5.74) is 9.09. The van der Waals surface area contributed by atoms with Crippen molar-refractivity contribution in [1.82, 2.24) is 35.5 Å². The van der Waals surface area contributed by atoms with E-state index in [9.17, 15) is 29.4 Å². The van der Waals surface area contributed by atoms with Crippen molar-refractivity contribution < 1.29 is 38.9 Å². The maximum atomic E-state index is 14.0. The minimum absolute atomic E-state index is 0.149. The number of methoxy groups -OCH3 is 1. The van der Waals surface area contributed by atoms with Gasteiger partial charge in [0.15, 0.2) is 29.3 Å². The summed E-state index contributed by atoms with van der Waals surface area (Å²) < 4.78 is 13.1. The number of aliphatic hydroxyl groups is 2. The third-order valence-electron chi connectivity index (χ3n) is 12.0. The van der Waals surface area contributed by atoms with Crippen molar-refractivity contribution in [3.8, 4) is 5.75 Å². The standard InChI is InChI=1S/C46H58N8O8/c1-26-27(2)39(57)36(28(3)38(26)56)46(4,5)21-35(55)53-33(44(60)49-19-18-29-12-15-32(61-6)16-13-29)17-14-31(23-48-22-30-10-8-7-9-11-30)20-34-40(58)41(59)45(62-34)54-25-52-37-42(47)50-24-51-43(37)54/h7-13,15-16,24-25,31,33-34,40-41,45,48,58-59H,14,17-23H2,1-6H3,(H,49,60)(H,53,55)(H2,47,50,51)/t31-,33-,34+,40+,41+,45+/m0/s1. The first-order valence-corrected chi connectivity index (χ1v) is 21.0. The van der Waals surface area contributed by atoms with Crippen LogP contribution in [0.2, 0.25) is 0 Å². The second-order valence-corrected chi connectivity index (χ2v) is 16.9. The number of hydrogen-bond donors (Lipinski definition) is 6. The van der Waals surface area contributed by atoms with E-state index in [0.717, 1.165) is 16.9 Å². The molecule has 0 bridgehead atoms. The van der Waals surface area contributed by atoms with Crippen LogP contribution in [-0.2, 0) is 36.9 Å². The fourth-order valence-electron chi connectivity index (χ4n) is 8.42. The van der Waals surface area contributed by atoms with E-state index in [4.69, 9.17) is 15.2 Å². The Kier molecular flexibility index (Phi) is 14.7. The van der Waals surface area contributed by atoms with Gasteiger partial charge >= 0.3 is 0 Å². The number of carbonyl (C=O) groups excluding carboxylic acids is 4. The highest BCUT2D eigenvalue weighted by atomic mass is 16.6. The lowest BCUT2D eigenvalue weighted by Gasteiger charge is -2.32. The summed E-state index contributed by atoms with van der Waals surface area (Å²) in [4.78, 5) is 67.1. The van der Waals surface area contributed by atoms with E-state index in [1.807, 2.05) is 54.6 Å². The molecule has 1 saturated heterocycles. The smallest absolute Gasteiger partial charge is 0.242 e. The molecule has 330 valence electrons. The minimum atomic E-state index is -1.31. The van der Waals surface area contributed by atoms with Crippen molar-refractivity contribution in [2.45, 2.75) is 104 Å². The number of anilines is 1. The van der Waals surface area contributed by atoms with Gasteiger partial charge in [0.1, 0.15) is 35.8 Å². The summed E-state index contributed by atoms with van der Waals surface area (Å²) in [5.74, 6) is -0.636. The Bertz CT molecular complexity index is 2320. The molecule has 0 spiro atoms. The molecule has 0 radical (unpaired) electrons. The molecule has 4 aromatic rings. The van der Waals surface area contributed by atoms with Gasteiger partial charge in [-0.2, -0.15) is 0 Å². The zero-order valence-electron chi connectivity index (χ0n) is 36.2. The van der Waals surface area contributed by atoms with Gasteiger partial charge in [0.25, 0.3) is 0 Å². The molecule has 2 aromatic carbocycles. The van der Waals surface area contributed by atoms with Crippen LogP contribution in [0.15, 0.2) is 89.5 Å². The maximum Gasteiger partial charge on any atom is 0.242 e. The van der Waals surface area contributed by atoms with Gasteiger partial charge in [-0.15, -0.1) is 0 Å². The third-order valence-corrected chi connectivity index (χ3v) is 12.0. The summed E-state index contributed by atoms with van der Waals surface area (Å²) in [6, 6.07) is 16.4. The molecule has 7 N–H and O–H groups in total. The van der Waals surface area contributed by atoms with E-state index < -0.39 is 41.9 Å². The predicted octanol–water partition coefficient (Wildman–Crippen LogP) is 3.68. The number of fused-ring (bicyclic) bond motifs is 1. The lowest BCUT2D eigenvalue weighted by Crippen LogP contribution is -2.48. The minimum Gasteiger partial charge on any atom is -0.497 e. The van der Waals surface area contributed by atoms with E-state index in [1.165, 1.54) is 17.2 Å². The monoisotopic (exact) mass is 850 g/mol. The van der Waals surface area contributed by atoms with Crippen molar-refractivity contribution in [2.24, 2.45) is 11.3 Å². The molecular formula is C46H58N8O8. The first-order chi connectivity index (χ1) is 29.6. The van der Waals surface area contributed by atoms with E-state index in [1.54, 1.807) is 41.7 Å². The number of nitrogens with one attached hydrogen (secondary N) is 3. The quantitative estimate of drug-likeness (QED) is 0.0741. The van der Waals surface area contributed by atoms with Gasteiger partial charge < -0.3 is 41.4 Å². The summed E-state index contributed by atoms with van der Waals surface area (Å²) in [6.07, 6.45) is -0.347. The lowest BCUT2D eigenvalue weighted by molar-refractivity contribution is -0.130. The average Bonchev–Trinajstić information content (AvgIpc) is 3.81. The van der Waals surface area contributed by atoms with Gasteiger partial charge in [-0.1, -0.05) is 56.3 Å². The van der Waals surface area contributed by atoms with E-state index in [2.05, 4.69) is 30.9 Å². The average molecular weight is 851 g/mol. The molecule has 6 atom stereocenters. The van der Waals surface area contributed by atoms with Gasteiger partial charge in [-0.25, -0.2) is 15.0 Å². The van der Waals surface area contributed by atoms with E-state index >= 15 is 0 Å². The van der Waals surface area contributed by atoms with Crippen LogP contribution in [-0.4, -0.2) is 97.7 Å². The Morgan fingerprint density at radius 2 is 1.63 bits per heavy atom. The summed E-state index contributed by atoms with van der Waals surface area (Å²) >= 11 is 0. The van der Waals surface area contributed by atoms with Crippen LogP contribution in [0.25, 0.3) is 11.2 Å². The highest BCUT2D eigenvalue weighted by molar-refractivity contribution is 6.25. The molecule has 2 amide bonds. The van der Waals surface area contributed by atoms with Crippen LogP contribution >= 0.6 is 0 Å². The molecule has 62 heavy (non-hydrogen) atoms. The highest BCUT2D eigenvalue weighted by Gasteiger charge is 2.45. The first-order valence-electron chi connectivity index (χ1n) is 21.0. The number of aromatic nitrogens is 4. The fraction of sp³-hybridized carbons (Fsp3) is 0.457. The number of rotatable bonds is 19. The summed E-state index contributed by atoms with van der Waals surface area (Å²) in [6.45, 7) is 9.71. The van der Waals surface area contributed by atoms with Gasteiger partial charge in [0.2, 0.25) is 11.8 Å². The number of nitrogens with two attached hydrogens (primary N) is 1. The van der Waals surface area contributed by atoms with E-state index in [-0.39, 0.29) is 42.1 Å². The SMILES string of the molecule is COc1ccc(CCNC(=O)[C@H](CC[C@H](CNCc2ccccc2)C[C@H]2O[C@@H](n3cnc4c(N)ncnc43)[C@H](O)[C@@H]2O)NC(=O)CC(C)(C)C2=C(C)C(=O)C(C)=C(C)C2=O)cc1. The molecular weight excluding hydrogens is 793 g/mol. The molecule has 16 nitrogen and oxygen atoms in total. The molecule has 2 aliphatic rings. The van der Waals surface area contributed by atoms with Crippen molar-refractivity contribution >= 4 is 40.4 Å². The zero-order valence-corrected chi connectivity index (χ0v) is 36.2. The number of aliphatic hydroxyl groups excluding tert-OH is 2. The van der Waals surface area contributed by atoms with Gasteiger partial charge in [-0.05, 0) is 82.2 Å². The predicted molar refractivity (Wildman–Crippen MR) is 232 cm³/mol. The summed E-state index contributed by atoms with van der Waals surface area (Å²) in [7, 11) is 1.59. The van der Waals surface area contributed by atoms with Crippen molar-refractivity contribution in [3.05, 3.63) is 101 Å². The molecule has 1 fully saturated rings. The number of allylic oxidation sites excluding steroid dienone is 4. The first kappa shape index (κ1) is 45.7. The number of benzene rings is 2. The number of Topliss-reactive ketones (excluding diaryl/α,β-unsaturated/α-hetero) is 2. The van der Waals surface area contributed by atoms with Crippen molar-refractivity contribution in [2.75, 3.05) is 25.9 Å². The second kappa shape index (κ2) is 19.9. The number of hydrogen-bond acceptors (Lipinski definition) is 13. The topological polar surface area (TPSA) is 233 Å².